The molecule has 188 valence electrons. The maximum atomic E-state index is 13.8. The van der Waals surface area contributed by atoms with E-state index in [9.17, 15) is 14.4 Å². The van der Waals surface area contributed by atoms with Gasteiger partial charge in [0.05, 0.1) is 18.2 Å². The minimum absolute atomic E-state index is 0.0147. The molecule has 2 aromatic rings. The van der Waals surface area contributed by atoms with Crippen molar-refractivity contribution < 1.29 is 19.1 Å². The first kappa shape index (κ1) is 24.1. The average molecular weight is 481 g/mol. The highest BCUT2D eigenvalue weighted by Gasteiger charge is 2.66. The van der Waals surface area contributed by atoms with E-state index in [-0.39, 0.29) is 35.5 Å². The van der Waals surface area contributed by atoms with E-state index in [4.69, 9.17) is 4.74 Å². The number of aromatic nitrogens is 2. The maximum Gasteiger partial charge on any atom is 0.245 e. The Hall–Kier alpha value is -2.58. The fraction of sp³-hybridized carbons (Fsp3) is 0.630. The molecule has 2 bridgehead atoms. The van der Waals surface area contributed by atoms with Crippen molar-refractivity contribution in [3.8, 4) is 0 Å². The van der Waals surface area contributed by atoms with E-state index in [0.717, 1.165) is 60.9 Å². The van der Waals surface area contributed by atoms with E-state index in [1.54, 1.807) is 4.68 Å². The molecular weight excluding hydrogens is 444 g/mol. The SMILES string of the molecule is CCC(=O)[C@@H]1C[C@]23COCCCCCNCc4cc(C)cc5c(C(C)=O)nn(c45)CC(=O)N1[C@@H]2C3. The second-order valence-corrected chi connectivity index (χ2v) is 10.6. The third-order valence-corrected chi connectivity index (χ3v) is 7.96. The van der Waals surface area contributed by atoms with Gasteiger partial charge in [-0.25, -0.2) is 0 Å². The summed E-state index contributed by atoms with van der Waals surface area (Å²) in [6.07, 6.45) is 5.13. The second kappa shape index (κ2) is 9.47. The molecule has 8 heteroatoms. The Kier molecular flexibility index (Phi) is 6.53. The largest absolute Gasteiger partial charge is 0.381 e. The van der Waals surface area contributed by atoms with Crippen LogP contribution in [0.5, 0.6) is 0 Å². The molecule has 5 rings (SSSR count). The van der Waals surface area contributed by atoms with Crippen LogP contribution in [-0.4, -0.2) is 64.0 Å². The summed E-state index contributed by atoms with van der Waals surface area (Å²) >= 11 is 0. The lowest BCUT2D eigenvalue weighted by Crippen LogP contribution is -2.44. The first-order valence-electron chi connectivity index (χ1n) is 13.0. The summed E-state index contributed by atoms with van der Waals surface area (Å²) in [6, 6.07) is 3.74. The van der Waals surface area contributed by atoms with Gasteiger partial charge in [0.2, 0.25) is 5.91 Å². The van der Waals surface area contributed by atoms with Crippen molar-refractivity contribution in [3.63, 3.8) is 0 Å². The molecular formula is C27H36N4O4. The summed E-state index contributed by atoms with van der Waals surface area (Å²) in [6.45, 7) is 8.26. The Morgan fingerprint density at radius 1 is 1.23 bits per heavy atom. The quantitative estimate of drug-likeness (QED) is 0.679. The van der Waals surface area contributed by atoms with E-state index in [2.05, 4.69) is 16.5 Å². The van der Waals surface area contributed by atoms with Crippen molar-refractivity contribution in [1.29, 1.82) is 0 Å². The van der Waals surface area contributed by atoms with Crippen LogP contribution in [-0.2, 0) is 27.4 Å². The zero-order chi connectivity index (χ0) is 24.7. The topological polar surface area (TPSA) is 93.5 Å². The number of carbonyl (C=O) groups is 3. The Bertz CT molecular complexity index is 1170. The van der Waals surface area contributed by atoms with Crippen LogP contribution in [0.15, 0.2) is 12.1 Å². The van der Waals surface area contributed by atoms with Gasteiger partial charge in [0, 0.05) is 43.3 Å². The van der Waals surface area contributed by atoms with Gasteiger partial charge in [-0.1, -0.05) is 13.0 Å². The zero-order valence-corrected chi connectivity index (χ0v) is 21.1. The predicted octanol–water partition coefficient (Wildman–Crippen LogP) is 3.18. The van der Waals surface area contributed by atoms with Gasteiger partial charge < -0.3 is 15.0 Å². The first-order chi connectivity index (χ1) is 16.8. The monoisotopic (exact) mass is 480 g/mol. The van der Waals surface area contributed by atoms with Crippen molar-refractivity contribution in [2.24, 2.45) is 5.41 Å². The lowest BCUT2D eigenvalue weighted by molar-refractivity contribution is -0.139. The standard InChI is InChI=1S/C27H36N4O4/c1-4-22(33)21-12-27-13-23(27)31(21)24(34)15-30-26-19(14-28-8-6-5-7-9-35-16-27)10-17(2)11-20(26)25(29-30)18(3)32/h10-11,21,23,28H,4-9,12-16H2,1-3H3/t21-,23+,27-/m0/s1. The molecule has 1 N–H and O–H groups in total. The summed E-state index contributed by atoms with van der Waals surface area (Å²) < 4.78 is 7.74. The summed E-state index contributed by atoms with van der Waals surface area (Å²) in [4.78, 5) is 40.9. The number of rotatable bonds is 3. The van der Waals surface area contributed by atoms with E-state index < -0.39 is 6.04 Å². The van der Waals surface area contributed by atoms with Crippen molar-refractivity contribution in [1.82, 2.24) is 20.0 Å². The number of aryl methyl sites for hydroxylation is 1. The molecule has 0 spiro atoms. The first-order valence-corrected chi connectivity index (χ1v) is 13.0. The lowest BCUT2D eigenvalue weighted by Gasteiger charge is -2.26. The third kappa shape index (κ3) is 4.42. The molecule has 35 heavy (non-hydrogen) atoms. The smallest absolute Gasteiger partial charge is 0.245 e. The highest BCUT2D eigenvalue weighted by Crippen LogP contribution is 2.60. The van der Waals surface area contributed by atoms with Gasteiger partial charge in [-0.2, -0.15) is 5.10 Å². The highest BCUT2D eigenvalue weighted by atomic mass is 16.5. The number of ether oxygens (including phenoxy) is 1. The fourth-order valence-electron chi connectivity index (χ4n) is 6.12. The molecule has 0 radical (unpaired) electrons. The van der Waals surface area contributed by atoms with Gasteiger partial charge in [-0.15, -0.1) is 0 Å². The van der Waals surface area contributed by atoms with Crippen LogP contribution in [0.25, 0.3) is 10.9 Å². The molecule has 3 aliphatic rings. The Morgan fingerprint density at radius 3 is 2.83 bits per heavy atom. The lowest BCUT2D eigenvalue weighted by atomic mass is 9.97. The molecule has 8 nitrogen and oxygen atoms in total. The summed E-state index contributed by atoms with van der Waals surface area (Å²) in [5, 5.41) is 8.93. The van der Waals surface area contributed by atoms with Crippen LogP contribution in [0.1, 0.15) is 74.0 Å². The minimum atomic E-state index is -0.397. The molecule has 1 aromatic carbocycles. The van der Waals surface area contributed by atoms with Crippen molar-refractivity contribution in [3.05, 3.63) is 29.0 Å². The van der Waals surface area contributed by atoms with E-state index in [0.29, 0.717) is 31.7 Å². The average Bonchev–Trinajstić information content (AvgIpc) is 3.23. The van der Waals surface area contributed by atoms with Gasteiger partial charge in [0.25, 0.3) is 0 Å². The number of ketones is 2. The number of nitrogens with one attached hydrogen (secondary N) is 1. The molecule has 0 unspecified atom stereocenters. The Balaban J connectivity index is 1.55. The second-order valence-electron chi connectivity index (χ2n) is 10.6. The van der Waals surface area contributed by atoms with Gasteiger partial charge >= 0.3 is 0 Å². The summed E-state index contributed by atoms with van der Waals surface area (Å²) in [5.74, 6) is -0.120. The summed E-state index contributed by atoms with van der Waals surface area (Å²) in [5.41, 5.74) is 3.21. The van der Waals surface area contributed by atoms with Crippen LogP contribution in [0.4, 0.5) is 0 Å². The molecule has 1 saturated heterocycles. The van der Waals surface area contributed by atoms with E-state index in [1.165, 1.54) is 6.92 Å². The van der Waals surface area contributed by atoms with Crippen molar-refractivity contribution in [2.45, 2.75) is 84.5 Å². The zero-order valence-electron chi connectivity index (χ0n) is 21.1. The molecule has 2 aliphatic heterocycles. The normalized spacial score (nSPS) is 27.5. The molecule has 1 saturated carbocycles. The van der Waals surface area contributed by atoms with Crippen LogP contribution >= 0.6 is 0 Å². The van der Waals surface area contributed by atoms with Crippen molar-refractivity contribution in [2.75, 3.05) is 19.8 Å². The van der Waals surface area contributed by atoms with Crippen LogP contribution < -0.4 is 5.32 Å². The van der Waals surface area contributed by atoms with Crippen molar-refractivity contribution >= 4 is 28.4 Å². The molecule has 1 aliphatic carbocycles. The number of hydrogen-bond donors (Lipinski definition) is 1. The summed E-state index contributed by atoms with van der Waals surface area (Å²) in [7, 11) is 0. The van der Waals surface area contributed by atoms with Gasteiger partial charge in [-0.3, -0.25) is 19.1 Å². The van der Waals surface area contributed by atoms with Gasteiger partial charge in [0.15, 0.2) is 11.6 Å². The number of piperidine rings is 1. The number of nitrogens with zero attached hydrogens (tertiary/aromatic N) is 3. The van der Waals surface area contributed by atoms with Gasteiger partial charge in [0.1, 0.15) is 12.2 Å². The van der Waals surface area contributed by atoms with E-state index >= 15 is 0 Å². The molecule has 1 amide bonds. The van der Waals surface area contributed by atoms with Crippen LogP contribution in [0.2, 0.25) is 0 Å². The molecule has 1 aromatic heterocycles. The number of benzene rings is 1. The minimum Gasteiger partial charge on any atom is -0.381 e. The Morgan fingerprint density at radius 2 is 2.06 bits per heavy atom. The predicted molar refractivity (Wildman–Crippen MR) is 132 cm³/mol. The number of hydrogen-bond acceptors (Lipinski definition) is 6. The Labute approximate surface area is 206 Å². The number of amides is 1. The molecule has 3 atom stereocenters. The van der Waals surface area contributed by atoms with E-state index in [1.807, 2.05) is 24.8 Å². The fourth-order valence-corrected chi connectivity index (χ4v) is 6.12. The molecule has 2 fully saturated rings. The number of Topliss-reactive ketones (excluding diaryl/α,β-unsaturated/α-hetero) is 2. The van der Waals surface area contributed by atoms with Crippen LogP contribution in [0.3, 0.4) is 0 Å². The van der Waals surface area contributed by atoms with Gasteiger partial charge in [-0.05, 0) is 62.8 Å². The third-order valence-electron chi connectivity index (χ3n) is 7.96. The molecule has 3 heterocycles. The number of carbonyl (C=O) groups excluding carboxylic acids is 3. The van der Waals surface area contributed by atoms with Crippen LogP contribution in [0, 0.1) is 12.3 Å². The maximum absolute atomic E-state index is 13.8. The highest BCUT2D eigenvalue weighted by molar-refractivity contribution is 6.06.